The first kappa shape index (κ1) is 18.5. The Balaban J connectivity index is 1.80. The Morgan fingerprint density at radius 1 is 1.07 bits per heavy atom. The van der Waals surface area contributed by atoms with Crippen LogP contribution in [0.15, 0.2) is 54.7 Å². The number of urea groups is 1. The number of esters is 1. The van der Waals surface area contributed by atoms with E-state index in [4.69, 9.17) is 16.3 Å². The molecule has 3 aromatic rings. The lowest BCUT2D eigenvalue weighted by atomic mass is 10.1. The molecular formula is C19H17ClN4O3. The lowest BCUT2D eigenvalue weighted by molar-refractivity contribution is 0.0601. The molecule has 7 nitrogen and oxygen atoms in total. The van der Waals surface area contributed by atoms with Crippen molar-refractivity contribution in [1.82, 2.24) is 9.78 Å². The van der Waals surface area contributed by atoms with Crippen LogP contribution >= 0.6 is 11.6 Å². The van der Waals surface area contributed by atoms with Crippen molar-refractivity contribution in [3.05, 3.63) is 65.3 Å². The van der Waals surface area contributed by atoms with E-state index < -0.39 is 12.0 Å². The number of carbonyl (C=O) groups is 2. The molecule has 0 aliphatic rings. The number of methoxy groups -OCH3 is 1. The molecule has 0 radical (unpaired) electrons. The summed E-state index contributed by atoms with van der Waals surface area (Å²) in [5.74, 6) is -0.475. The summed E-state index contributed by atoms with van der Waals surface area (Å²) in [4.78, 5) is 24.2. The van der Waals surface area contributed by atoms with Crippen LogP contribution in [-0.4, -0.2) is 28.9 Å². The SMILES string of the molecule is COC(=O)c1cnn(C)c1-c1cccc(NC(=O)Nc2ccc(Cl)cc2)c1. The van der Waals surface area contributed by atoms with Crippen molar-refractivity contribution in [3.63, 3.8) is 0 Å². The lowest BCUT2D eigenvalue weighted by Gasteiger charge is -2.10. The number of amides is 2. The van der Waals surface area contributed by atoms with Crippen molar-refractivity contribution in [2.24, 2.45) is 7.05 Å². The summed E-state index contributed by atoms with van der Waals surface area (Å²) in [5, 5.41) is 10.2. The molecule has 0 saturated heterocycles. The molecule has 0 atom stereocenters. The molecule has 0 aliphatic heterocycles. The van der Waals surface area contributed by atoms with Crippen molar-refractivity contribution in [2.75, 3.05) is 17.7 Å². The number of hydrogen-bond donors (Lipinski definition) is 2. The van der Waals surface area contributed by atoms with E-state index in [0.717, 1.165) is 5.56 Å². The van der Waals surface area contributed by atoms with E-state index in [1.807, 2.05) is 6.07 Å². The van der Waals surface area contributed by atoms with E-state index in [1.165, 1.54) is 13.3 Å². The number of nitrogens with one attached hydrogen (secondary N) is 2. The number of hydrogen-bond acceptors (Lipinski definition) is 4. The van der Waals surface area contributed by atoms with Gasteiger partial charge in [-0.1, -0.05) is 23.7 Å². The summed E-state index contributed by atoms with van der Waals surface area (Å²) in [6.45, 7) is 0. The molecule has 2 N–H and O–H groups in total. The summed E-state index contributed by atoms with van der Waals surface area (Å²) in [7, 11) is 3.05. The number of halogens is 1. The van der Waals surface area contributed by atoms with Gasteiger partial charge in [0.1, 0.15) is 5.56 Å². The maximum absolute atomic E-state index is 12.2. The quantitative estimate of drug-likeness (QED) is 0.661. The lowest BCUT2D eigenvalue weighted by Crippen LogP contribution is -2.19. The second-order valence-electron chi connectivity index (χ2n) is 5.69. The van der Waals surface area contributed by atoms with Crippen LogP contribution in [0.1, 0.15) is 10.4 Å². The highest BCUT2D eigenvalue weighted by Gasteiger charge is 2.18. The zero-order valence-corrected chi connectivity index (χ0v) is 15.4. The zero-order chi connectivity index (χ0) is 19.4. The van der Waals surface area contributed by atoms with Crippen LogP contribution in [0, 0.1) is 0 Å². The Labute approximate surface area is 160 Å². The van der Waals surface area contributed by atoms with Gasteiger partial charge in [-0.15, -0.1) is 0 Å². The average Bonchev–Trinajstić information content (AvgIpc) is 3.04. The normalized spacial score (nSPS) is 10.3. The maximum atomic E-state index is 12.2. The standard InChI is InChI=1S/C19H17ClN4O3/c1-24-17(16(11-21-24)18(25)27-2)12-4-3-5-15(10-12)23-19(26)22-14-8-6-13(20)7-9-14/h3-11H,1-2H3,(H2,22,23,26). The largest absolute Gasteiger partial charge is 0.465 e. The summed E-state index contributed by atoms with van der Waals surface area (Å²) in [5.41, 5.74) is 2.86. The first-order valence-corrected chi connectivity index (χ1v) is 8.40. The fraction of sp³-hybridized carbons (Fsp3) is 0.105. The molecule has 27 heavy (non-hydrogen) atoms. The van der Waals surface area contributed by atoms with Crippen LogP contribution in [0.3, 0.4) is 0 Å². The first-order chi connectivity index (χ1) is 13.0. The van der Waals surface area contributed by atoms with Gasteiger partial charge < -0.3 is 15.4 Å². The van der Waals surface area contributed by atoms with Crippen molar-refractivity contribution >= 4 is 35.0 Å². The van der Waals surface area contributed by atoms with Crippen LogP contribution in [0.25, 0.3) is 11.3 Å². The number of benzene rings is 2. The summed E-state index contributed by atoms with van der Waals surface area (Å²) in [6, 6.07) is 13.5. The minimum atomic E-state index is -0.475. The minimum absolute atomic E-state index is 0.350. The number of rotatable bonds is 4. The van der Waals surface area contributed by atoms with Crippen LogP contribution < -0.4 is 10.6 Å². The van der Waals surface area contributed by atoms with E-state index >= 15 is 0 Å². The molecule has 2 aromatic carbocycles. The molecule has 2 amide bonds. The Kier molecular flexibility index (Phi) is 5.42. The molecule has 0 spiro atoms. The van der Waals surface area contributed by atoms with Gasteiger partial charge in [-0.05, 0) is 36.4 Å². The van der Waals surface area contributed by atoms with Gasteiger partial charge in [0.15, 0.2) is 0 Å². The van der Waals surface area contributed by atoms with Crippen LogP contribution in [-0.2, 0) is 11.8 Å². The number of nitrogens with zero attached hydrogens (tertiary/aromatic N) is 2. The zero-order valence-electron chi connectivity index (χ0n) is 14.7. The molecule has 0 saturated carbocycles. The predicted molar refractivity (Wildman–Crippen MR) is 104 cm³/mol. The van der Waals surface area contributed by atoms with Crippen molar-refractivity contribution in [2.45, 2.75) is 0 Å². The maximum Gasteiger partial charge on any atom is 0.341 e. The minimum Gasteiger partial charge on any atom is -0.465 e. The van der Waals surface area contributed by atoms with Gasteiger partial charge in [-0.2, -0.15) is 5.10 Å². The molecular weight excluding hydrogens is 368 g/mol. The van der Waals surface area contributed by atoms with Crippen LogP contribution in [0.2, 0.25) is 5.02 Å². The van der Waals surface area contributed by atoms with E-state index in [0.29, 0.717) is 27.7 Å². The smallest absolute Gasteiger partial charge is 0.341 e. The van der Waals surface area contributed by atoms with Crippen LogP contribution in [0.4, 0.5) is 16.2 Å². The highest BCUT2D eigenvalue weighted by atomic mass is 35.5. The Hall–Kier alpha value is -3.32. The molecule has 0 unspecified atom stereocenters. The highest BCUT2D eigenvalue weighted by molar-refractivity contribution is 6.30. The van der Waals surface area contributed by atoms with Gasteiger partial charge in [0.2, 0.25) is 0 Å². The molecule has 0 aliphatic carbocycles. The third-order valence-electron chi connectivity index (χ3n) is 3.84. The number of carbonyl (C=O) groups excluding carboxylic acids is 2. The van der Waals surface area contributed by atoms with Gasteiger partial charge in [0, 0.05) is 29.0 Å². The molecule has 138 valence electrons. The molecule has 3 rings (SSSR count). The second kappa shape index (κ2) is 7.92. The molecule has 0 bridgehead atoms. The van der Waals surface area contributed by atoms with E-state index in [-0.39, 0.29) is 0 Å². The van der Waals surface area contributed by atoms with Crippen LogP contribution in [0.5, 0.6) is 0 Å². The van der Waals surface area contributed by atoms with Gasteiger partial charge in [0.05, 0.1) is 19.0 Å². The number of ether oxygens (including phenoxy) is 1. The van der Waals surface area contributed by atoms with Gasteiger partial charge in [-0.3, -0.25) is 4.68 Å². The van der Waals surface area contributed by atoms with Crippen molar-refractivity contribution in [3.8, 4) is 11.3 Å². The van der Waals surface area contributed by atoms with E-state index in [9.17, 15) is 9.59 Å². The Morgan fingerprint density at radius 2 is 1.78 bits per heavy atom. The van der Waals surface area contributed by atoms with E-state index in [2.05, 4.69) is 15.7 Å². The first-order valence-electron chi connectivity index (χ1n) is 8.02. The van der Waals surface area contributed by atoms with Gasteiger partial charge >= 0.3 is 12.0 Å². The van der Waals surface area contributed by atoms with E-state index in [1.54, 1.807) is 54.2 Å². The second-order valence-corrected chi connectivity index (χ2v) is 6.13. The fourth-order valence-corrected chi connectivity index (χ4v) is 2.74. The Morgan fingerprint density at radius 3 is 2.48 bits per heavy atom. The summed E-state index contributed by atoms with van der Waals surface area (Å²) < 4.78 is 6.38. The predicted octanol–water partition coefficient (Wildman–Crippen LogP) is 4.17. The average molecular weight is 385 g/mol. The van der Waals surface area contributed by atoms with Gasteiger partial charge in [0.25, 0.3) is 0 Å². The van der Waals surface area contributed by atoms with Crippen molar-refractivity contribution in [1.29, 1.82) is 0 Å². The third kappa shape index (κ3) is 4.27. The summed E-state index contributed by atoms with van der Waals surface area (Å²) in [6.07, 6.45) is 1.45. The number of aryl methyl sites for hydroxylation is 1. The highest BCUT2D eigenvalue weighted by Crippen LogP contribution is 2.26. The molecule has 0 fully saturated rings. The third-order valence-corrected chi connectivity index (χ3v) is 4.09. The molecule has 1 heterocycles. The monoisotopic (exact) mass is 384 g/mol. The Bertz CT molecular complexity index is 983. The topological polar surface area (TPSA) is 85.2 Å². The number of anilines is 2. The van der Waals surface area contributed by atoms with Crippen molar-refractivity contribution < 1.29 is 14.3 Å². The molecule has 1 aromatic heterocycles. The molecule has 8 heteroatoms. The fourth-order valence-electron chi connectivity index (χ4n) is 2.61. The van der Waals surface area contributed by atoms with Gasteiger partial charge in [-0.25, -0.2) is 9.59 Å². The summed E-state index contributed by atoms with van der Waals surface area (Å²) >= 11 is 5.83. The number of aromatic nitrogens is 2.